The Bertz CT molecular complexity index is 1170. The number of piperidine rings is 1. The lowest BCUT2D eigenvalue weighted by Crippen LogP contribution is -2.52. The van der Waals surface area contributed by atoms with Gasteiger partial charge in [-0.25, -0.2) is 8.42 Å². The standard InChI is InChI=1S/C22H25ClN4O5S/c1-15-5-2-8-18(23)20(15)33(31,32)25-19(9-12-26-10-4-7-17(26)13-24)21(28)27-11-3-6-16(14-27)22(29)30/h2,4-5,7-8,10,16,19,25H,3,6,9,11-12,14H2,1H3,(H,29,30). The molecule has 0 saturated carbocycles. The number of amides is 1. The fraction of sp³-hybridized carbons (Fsp3) is 0.409. The van der Waals surface area contributed by atoms with Gasteiger partial charge in [0.25, 0.3) is 0 Å². The van der Waals surface area contributed by atoms with Crippen LogP contribution in [0.2, 0.25) is 5.02 Å². The van der Waals surface area contributed by atoms with Crippen molar-refractivity contribution in [3.8, 4) is 6.07 Å². The van der Waals surface area contributed by atoms with Crippen molar-refractivity contribution in [2.45, 2.75) is 43.7 Å². The van der Waals surface area contributed by atoms with E-state index in [0.717, 1.165) is 0 Å². The molecule has 33 heavy (non-hydrogen) atoms. The van der Waals surface area contributed by atoms with E-state index in [0.29, 0.717) is 30.6 Å². The molecule has 1 aromatic heterocycles. The summed E-state index contributed by atoms with van der Waals surface area (Å²) in [4.78, 5) is 26.1. The number of nitrogens with one attached hydrogen (secondary N) is 1. The molecular weight excluding hydrogens is 468 g/mol. The third-order valence-electron chi connectivity index (χ3n) is 5.71. The number of carbonyl (C=O) groups is 2. The first-order valence-corrected chi connectivity index (χ1v) is 12.3. The molecule has 1 saturated heterocycles. The molecule has 9 nitrogen and oxygen atoms in total. The molecule has 3 rings (SSSR count). The Labute approximate surface area is 197 Å². The third kappa shape index (κ3) is 5.74. The number of hydrogen-bond acceptors (Lipinski definition) is 5. The maximum atomic E-state index is 13.4. The summed E-state index contributed by atoms with van der Waals surface area (Å²) >= 11 is 6.16. The first-order chi connectivity index (χ1) is 15.6. The van der Waals surface area contributed by atoms with Crippen LogP contribution in [0, 0.1) is 24.2 Å². The molecular formula is C22H25ClN4O5S. The molecule has 1 aromatic carbocycles. The minimum atomic E-state index is -4.16. The number of nitriles is 1. The highest BCUT2D eigenvalue weighted by atomic mass is 35.5. The van der Waals surface area contributed by atoms with Gasteiger partial charge in [0.2, 0.25) is 15.9 Å². The summed E-state index contributed by atoms with van der Waals surface area (Å²) < 4.78 is 30.5. The van der Waals surface area contributed by atoms with E-state index in [1.807, 2.05) is 6.07 Å². The number of benzene rings is 1. The second-order valence-corrected chi connectivity index (χ2v) is 10.1. The molecule has 11 heteroatoms. The number of likely N-dealkylation sites (tertiary alicyclic amines) is 1. The lowest BCUT2D eigenvalue weighted by Gasteiger charge is -2.33. The van der Waals surface area contributed by atoms with Crippen molar-refractivity contribution in [1.29, 1.82) is 5.26 Å². The van der Waals surface area contributed by atoms with Gasteiger partial charge in [0.15, 0.2) is 0 Å². The number of carboxylic acids is 1. The zero-order chi connectivity index (χ0) is 24.2. The minimum absolute atomic E-state index is 0.0183. The van der Waals surface area contributed by atoms with Crippen molar-refractivity contribution in [2.24, 2.45) is 5.92 Å². The van der Waals surface area contributed by atoms with E-state index in [1.165, 1.54) is 11.0 Å². The van der Waals surface area contributed by atoms with Crippen LogP contribution in [0.4, 0.5) is 0 Å². The first-order valence-electron chi connectivity index (χ1n) is 10.5. The van der Waals surface area contributed by atoms with Crippen molar-refractivity contribution in [1.82, 2.24) is 14.2 Å². The van der Waals surface area contributed by atoms with Crippen LogP contribution in [0.1, 0.15) is 30.5 Å². The van der Waals surface area contributed by atoms with Crippen LogP contribution in [0.5, 0.6) is 0 Å². The van der Waals surface area contributed by atoms with Crippen LogP contribution >= 0.6 is 11.6 Å². The molecule has 1 fully saturated rings. The van der Waals surface area contributed by atoms with E-state index >= 15 is 0 Å². The topological polar surface area (TPSA) is 132 Å². The second-order valence-electron chi connectivity index (χ2n) is 8.01. The summed E-state index contributed by atoms with van der Waals surface area (Å²) in [5.41, 5.74) is 0.817. The zero-order valence-electron chi connectivity index (χ0n) is 18.1. The van der Waals surface area contributed by atoms with Crippen LogP contribution in [0.25, 0.3) is 0 Å². The molecule has 2 heterocycles. The maximum Gasteiger partial charge on any atom is 0.308 e. The van der Waals surface area contributed by atoms with E-state index < -0.39 is 33.9 Å². The van der Waals surface area contributed by atoms with E-state index in [-0.39, 0.29) is 29.4 Å². The van der Waals surface area contributed by atoms with E-state index in [2.05, 4.69) is 4.72 Å². The number of nitrogens with zero attached hydrogens (tertiary/aromatic N) is 3. The molecule has 1 aliphatic rings. The van der Waals surface area contributed by atoms with Crippen molar-refractivity contribution in [2.75, 3.05) is 13.1 Å². The number of carboxylic acid groups (broad SMARTS) is 1. The Balaban J connectivity index is 1.88. The van der Waals surface area contributed by atoms with Crippen molar-refractivity contribution in [3.63, 3.8) is 0 Å². The predicted octanol–water partition coefficient (Wildman–Crippen LogP) is 2.38. The summed E-state index contributed by atoms with van der Waals surface area (Å²) in [7, 11) is -4.16. The SMILES string of the molecule is Cc1cccc(Cl)c1S(=O)(=O)NC(CCn1cccc1C#N)C(=O)N1CCCC(C(=O)O)C1. The van der Waals surface area contributed by atoms with Gasteiger partial charge in [-0.2, -0.15) is 9.98 Å². The number of carbonyl (C=O) groups excluding carboxylic acids is 1. The molecule has 1 amide bonds. The molecule has 2 unspecified atom stereocenters. The molecule has 176 valence electrons. The van der Waals surface area contributed by atoms with Gasteiger partial charge in [-0.15, -0.1) is 0 Å². The van der Waals surface area contributed by atoms with Crippen LogP contribution in [0.15, 0.2) is 41.4 Å². The summed E-state index contributed by atoms with van der Waals surface area (Å²) in [6.07, 6.45) is 2.72. The van der Waals surface area contributed by atoms with Gasteiger partial charge >= 0.3 is 5.97 Å². The monoisotopic (exact) mass is 492 g/mol. The van der Waals surface area contributed by atoms with E-state index in [4.69, 9.17) is 11.6 Å². The van der Waals surface area contributed by atoms with Crippen LogP contribution in [-0.2, 0) is 26.2 Å². The van der Waals surface area contributed by atoms with E-state index in [9.17, 15) is 28.4 Å². The average Bonchev–Trinajstić information content (AvgIpc) is 3.23. The number of sulfonamides is 1. The highest BCUT2D eigenvalue weighted by Gasteiger charge is 2.34. The fourth-order valence-corrected chi connectivity index (χ4v) is 6.07. The van der Waals surface area contributed by atoms with Gasteiger partial charge in [-0.3, -0.25) is 9.59 Å². The minimum Gasteiger partial charge on any atom is -0.481 e. The van der Waals surface area contributed by atoms with Crippen molar-refractivity contribution < 1.29 is 23.1 Å². The second kappa shape index (κ2) is 10.4. The number of hydrogen-bond donors (Lipinski definition) is 2. The zero-order valence-corrected chi connectivity index (χ0v) is 19.6. The smallest absolute Gasteiger partial charge is 0.308 e. The Morgan fingerprint density at radius 3 is 2.76 bits per heavy atom. The number of aliphatic carboxylic acids is 1. The first kappa shape index (κ1) is 24.8. The highest BCUT2D eigenvalue weighted by molar-refractivity contribution is 7.89. The molecule has 0 bridgehead atoms. The molecule has 0 spiro atoms. The van der Waals surface area contributed by atoms with Gasteiger partial charge in [0.1, 0.15) is 22.7 Å². The largest absolute Gasteiger partial charge is 0.481 e. The Morgan fingerprint density at radius 1 is 1.33 bits per heavy atom. The number of aromatic nitrogens is 1. The van der Waals surface area contributed by atoms with Gasteiger partial charge < -0.3 is 14.6 Å². The highest BCUT2D eigenvalue weighted by Crippen LogP contribution is 2.26. The van der Waals surface area contributed by atoms with Crippen molar-refractivity contribution >= 4 is 33.5 Å². The Hall–Kier alpha value is -2.87. The van der Waals surface area contributed by atoms with Crippen LogP contribution in [0.3, 0.4) is 0 Å². The number of halogens is 1. The summed E-state index contributed by atoms with van der Waals surface area (Å²) in [5.74, 6) is -2.18. The average molecular weight is 493 g/mol. The Morgan fingerprint density at radius 2 is 2.09 bits per heavy atom. The normalized spacial score (nSPS) is 17.4. The lowest BCUT2D eigenvalue weighted by atomic mass is 9.97. The molecule has 2 aromatic rings. The van der Waals surface area contributed by atoms with Crippen LogP contribution in [-0.4, -0.2) is 54.0 Å². The van der Waals surface area contributed by atoms with Gasteiger partial charge in [-0.1, -0.05) is 23.7 Å². The number of aryl methyl sites for hydroxylation is 2. The number of rotatable bonds is 8. The Kier molecular flexibility index (Phi) is 7.79. The molecule has 1 aliphatic heterocycles. The lowest BCUT2D eigenvalue weighted by molar-refractivity contribution is -0.146. The molecule has 2 atom stereocenters. The molecule has 0 radical (unpaired) electrons. The quantitative estimate of drug-likeness (QED) is 0.581. The fourth-order valence-electron chi connectivity index (χ4n) is 4.01. The summed E-state index contributed by atoms with van der Waals surface area (Å²) in [6.45, 7) is 2.19. The van der Waals surface area contributed by atoms with Gasteiger partial charge in [0.05, 0.1) is 10.9 Å². The van der Waals surface area contributed by atoms with Gasteiger partial charge in [0, 0.05) is 25.8 Å². The van der Waals surface area contributed by atoms with Gasteiger partial charge in [-0.05, 0) is 49.9 Å². The third-order valence-corrected chi connectivity index (χ3v) is 7.81. The predicted molar refractivity (Wildman–Crippen MR) is 121 cm³/mol. The summed E-state index contributed by atoms with van der Waals surface area (Å²) in [5, 5.41) is 18.6. The van der Waals surface area contributed by atoms with E-state index in [1.54, 1.807) is 42.0 Å². The molecule has 0 aliphatic carbocycles. The van der Waals surface area contributed by atoms with Crippen molar-refractivity contribution in [3.05, 3.63) is 52.8 Å². The molecule has 2 N–H and O–H groups in total. The van der Waals surface area contributed by atoms with Crippen LogP contribution < -0.4 is 4.72 Å². The maximum absolute atomic E-state index is 13.4. The summed E-state index contributed by atoms with van der Waals surface area (Å²) in [6, 6.07) is 8.90.